The van der Waals surface area contributed by atoms with Gasteiger partial charge < -0.3 is 9.47 Å². The maximum atomic E-state index is 13.6. The summed E-state index contributed by atoms with van der Waals surface area (Å²) in [4.78, 5) is 28.2. The predicted octanol–water partition coefficient (Wildman–Crippen LogP) is 4.50. The van der Waals surface area contributed by atoms with E-state index in [1.54, 1.807) is 0 Å². The fourth-order valence-corrected chi connectivity index (χ4v) is 6.08. The number of carbonyl (C=O) groups excluding carboxylic acids is 1. The summed E-state index contributed by atoms with van der Waals surface area (Å²) in [5.41, 5.74) is 7.63. The van der Waals surface area contributed by atoms with Gasteiger partial charge in [0.2, 0.25) is 5.95 Å². The van der Waals surface area contributed by atoms with E-state index in [1.807, 2.05) is 37.0 Å². The summed E-state index contributed by atoms with van der Waals surface area (Å²) < 4.78 is 4.17. The summed E-state index contributed by atoms with van der Waals surface area (Å²) in [5.74, 6) is 0.876. The number of anilines is 1. The van der Waals surface area contributed by atoms with E-state index in [1.165, 1.54) is 11.3 Å². The summed E-state index contributed by atoms with van der Waals surface area (Å²) in [6.07, 6.45) is 6.12. The van der Waals surface area contributed by atoms with Crippen molar-refractivity contribution in [2.75, 3.05) is 38.5 Å². The van der Waals surface area contributed by atoms with Crippen LogP contribution in [0.4, 0.5) is 5.95 Å². The average Bonchev–Trinajstić information content (AvgIpc) is 3.46. The molecule has 6 rings (SSSR count). The van der Waals surface area contributed by atoms with E-state index < -0.39 is 0 Å². The number of aryl methyl sites for hydroxylation is 2. The van der Waals surface area contributed by atoms with Crippen molar-refractivity contribution in [3.8, 4) is 11.3 Å². The first-order chi connectivity index (χ1) is 19.3. The van der Waals surface area contributed by atoms with Crippen molar-refractivity contribution in [1.29, 1.82) is 0 Å². The smallest absolute Gasteiger partial charge is 0.258 e. The lowest BCUT2D eigenvalue weighted by atomic mass is 10.0. The van der Waals surface area contributed by atoms with Crippen LogP contribution in [0.1, 0.15) is 53.5 Å². The van der Waals surface area contributed by atoms with Gasteiger partial charge >= 0.3 is 0 Å². The number of hydrogen-bond acceptors (Lipinski definition) is 6. The molecule has 0 radical (unpaired) electrons. The van der Waals surface area contributed by atoms with E-state index in [4.69, 9.17) is 9.97 Å². The fourth-order valence-electron chi connectivity index (χ4n) is 6.08. The monoisotopic (exact) mass is 540 g/mol. The van der Waals surface area contributed by atoms with Crippen molar-refractivity contribution < 1.29 is 4.79 Å². The number of hydrogen-bond donors (Lipinski definition) is 1. The van der Waals surface area contributed by atoms with E-state index in [0.29, 0.717) is 17.4 Å². The fraction of sp³-hybridized carbons (Fsp3) is 0.484. The molecule has 3 aromatic heterocycles. The standard InChI is InChI=1S/C31H40N8O/c1-21-7-5-6-8-28-25(18-32-37(28)4)27-17-24(15-22(2)33-27)30(40)35-31-34-26-10-9-23(16-29(26)39(31)19-21)20-38-13-11-36(3)12-14-38/h9-10,15-18,21H,5-8,11-14,19-20H2,1-4H3,(H,34,35,40)/t21-/m1/s1. The molecular formula is C31H40N8O. The number of nitrogens with one attached hydrogen (secondary N) is 1. The molecule has 0 unspecified atom stereocenters. The Morgan fingerprint density at radius 1 is 1.02 bits per heavy atom. The molecule has 1 fully saturated rings. The lowest BCUT2D eigenvalue weighted by molar-refractivity contribution is 0.102. The molecule has 40 heavy (non-hydrogen) atoms. The van der Waals surface area contributed by atoms with E-state index in [-0.39, 0.29) is 5.91 Å². The van der Waals surface area contributed by atoms with E-state index in [0.717, 1.165) is 92.9 Å². The first-order valence-electron chi connectivity index (χ1n) is 14.6. The van der Waals surface area contributed by atoms with Crippen LogP contribution < -0.4 is 5.32 Å². The minimum absolute atomic E-state index is 0.172. The van der Waals surface area contributed by atoms with Crippen LogP contribution in [0.3, 0.4) is 0 Å². The molecule has 5 heterocycles. The summed E-state index contributed by atoms with van der Waals surface area (Å²) in [5, 5.41) is 7.68. The highest BCUT2D eigenvalue weighted by Crippen LogP contribution is 2.28. The van der Waals surface area contributed by atoms with Gasteiger partial charge in [-0.25, -0.2) is 4.98 Å². The minimum atomic E-state index is -0.172. The highest BCUT2D eigenvalue weighted by molar-refractivity contribution is 6.04. The zero-order valence-electron chi connectivity index (χ0n) is 24.2. The van der Waals surface area contributed by atoms with E-state index in [9.17, 15) is 4.79 Å². The van der Waals surface area contributed by atoms with Gasteiger partial charge in [-0.3, -0.25) is 24.7 Å². The zero-order valence-corrected chi connectivity index (χ0v) is 24.2. The van der Waals surface area contributed by atoms with Crippen LogP contribution in [0.5, 0.6) is 0 Å². The van der Waals surface area contributed by atoms with Gasteiger partial charge in [0, 0.05) is 68.8 Å². The van der Waals surface area contributed by atoms with Gasteiger partial charge in [-0.2, -0.15) is 5.10 Å². The third-order valence-electron chi connectivity index (χ3n) is 8.45. The third kappa shape index (κ3) is 5.53. The van der Waals surface area contributed by atoms with Crippen molar-refractivity contribution in [1.82, 2.24) is 34.1 Å². The van der Waals surface area contributed by atoms with Gasteiger partial charge in [-0.1, -0.05) is 19.4 Å². The molecule has 2 bridgehead atoms. The number of piperazine rings is 1. The van der Waals surface area contributed by atoms with Crippen LogP contribution in [-0.2, 0) is 26.6 Å². The minimum Gasteiger partial charge on any atom is -0.310 e. The number of aromatic nitrogens is 5. The Morgan fingerprint density at radius 3 is 2.67 bits per heavy atom. The molecule has 9 heteroatoms. The van der Waals surface area contributed by atoms with Crippen LogP contribution in [0.2, 0.25) is 0 Å². The number of carbonyl (C=O) groups is 1. The lowest BCUT2D eigenvalue weighted by Crippen LogP contribution is -2.43. The number of amides is 1. The summed E-state index contributed by atoms with van der Waals surface area (Å²) >= 11 is 0. The molecule has 2 aliphatic rings. The average molecular weight is 541 g/mol. The van der Waals surface area contributed by atoms with Crippen LogP contribution in [0.15, 0.2) is 36.5 Å². The van der Waals surface area contributed by atoms with Gasteiger partial charge in [0.05, 0.1) is 22.9 Å². The zero-order chi connectivity index (χ0) is 27.8. The van der Waals surface area contributed by atoms with Crippen LogP contribution in [0.25, 0.3) is 22.3 Å². The molecule has 0 spiro atoms. The topological polar surface area (TPSA) is 84.1 Å². The van der Waals surface area contributed by atoms with Crippen LogP contribution in [0, 0.1) is 12.8 Å². The maximum Gasteiger partial charge on any atom is 0.258 e. The molecular weight excluding hydrogens is 500 g/mol. The van der Waals surface area contributed by atoms with Gasteiger partial charge in [0.1, 0.15) is 0 Å². The molecule has 1 N–H and O–H groups in total. The molecule has 1 aromatic carbocycles. The number of benzene rings is 1. The lowest BCUT2D eigenvalue weighted by Gasteiger charge is -2.32. The highest BCUT2D eigenvalue weighted by Gasteiger charge is 2.21. The van der Waals surface area contributed by atoms with E-state index in [2.05, 4.69) is 57.0 Å². The Hall–Kier alpha value is -3.56. The van der Waals surface area contributed by atoms with Crippen molar-refractivity contribution in [3.05, 3.63) is 59.0 Å². The molecule has 1 atom stereocenters. The number of nitrogens with zero attached hydrogens (tertiary/aromatic N) is 7. The first-order valence-corrected chi connectivity index (χ1v) is 14.6. The molecule has 1 amide bonds. The van der Waals surface area contributed by atoms with Gasteiger partial charge in [0.25, 0.3) is 5.91 Å². The SMILES string of the molecule is Cc1cc2cc(n1)-c1cnn(C)c1CCCC[C@@H](C)Cn1c(nc3ccc(CN4CCN(C)CC4)cc31)NC2=O. The van der Waals surface area contributed by atoms with Crippen molar-refractivity contribution in [3.63, 3.8) is 0 Å². The quantitative estimate of drug-likeness (QED) is 0.403. The number of likely N-dealkylation sites (N-methyl/N-ethyl adjacent to an activating group) is 1. The molecule has 0 saturated carbocycles. The normalized spacial score (nSPS) is 19.5. The second kappa shape index (κ2) is 11.1. The second-order valence-electron chi connectivity index (χ2n) is 11.8. The van der Waals surface area contributed by atoms with Crippen LogP contribution in [-0.4, -0.2) is 73.2 Å². The molecule has 210 valence electrons. The molecule has 0 aliphatic carbocycles. The van der Waals surface area contributed by atoms with Gasteiger partial charge in [-0.05, 0) is 69.0 Å². The summed E-state index contributed by atoms with van der Waals surface area (Å²) in [7, 11) is 4.18. The second-order valence-corrected chi connectivity index (χ2v) is 11.8. The largest absolute Gasteiger partial charge is 0.310 e. The Kier molecular flexibility index (Phi) is 7.42. The van der Waals surface area contributed by atoms with Crippen LogP contribution >= 0.6 is 0 Å². The highest BCUT2D eigenvalue weighted by atomic mass is 16.1. The van der Waals surface area contributed by atoms with Gasteiger partial charge in [0.15, 0.2) is 0 Å². The molecule has 4 aromatic rings. The third-order valence-corrected chi connectivity index (χ3v) is 8.45. The first kappa shape index (κ1) is 26.7. The molecule has 2 aliphatic heterocycles. The van der Waals surface area contributed by atoms with Gasteiger partial charge in [-0.15, -0.1) is 0 Å². The predicted molar refractivity (Wildman–Crippen MR) is 158 cm³/mol. The molecule has 1 saturated heterocycles. The molecule has 9 nitrogen and oxygen atoms in total. The number of fused-ring (bicyclic) bond motifs is 7. The Labute approximate surface area is 236 Å². The van der Waals surface area contributed by atoms with E-state index >= 15 is 0 Å². The Bertz CT molecular complexity index is 1530. The van der Waals surface area contributed by atoms with Crippen molar-refractivity contribution in [2.45, 2.75) is 52.6 Å². The Balaban J connectivity index is 1.36. The number of rotatable bonds is 2. The Morgan fingerprint density at radius 2 is 1.85 bits per heavy atom. The summed E-state index contributed by atoms with van der Waals surface area (Å²) in [6.45, 7) is 10.3. The van der Waals surface area contributed by atoms with Crippen molar-refractivity contribution >= 4 is 22.9 Å². The maximum absolute atomic E-state index is 13.6. The summed E-state index contributed by atoms with van der Waals surface area (Å²) in [6, 6.07) is 10.3. The number of pyridine rings is 1. The van der Waals surface area contributed by atoms with Crippen molar-refractivity contribution in [2.24, 2.45) is 13.0 Å². The number of imidazole rings is 1.